The molecule has 0 amide bonds. The van der Waals surface area contributed by atoms with E-state index in [2.05, 4.69) is 235 Å². The van der Waals surface area contributed by atoms with Crippen molar-refractivity contribution in [3.63, 3.8) is 0 Å². The lowest BCUT2D eigenvalue weighted by atomic mass is 9.70. The molecule has 0 aliphatic heterocycles. The van der Waals surface area contributed by atoms with Crippen molar-refractivity contribution in [1.29, 1.82) is 0 Å². The lowest BCUT2D eigenvalue weighted by Gasteiger charge is -2.37. The van der Waals surface area contributed by atoms with Gasteiger partial charge in [-0.1, -0.05) is 212 Å². The maximum Gasteiger partial charge on any atom is 0.143 e. The molecule has 0 radical (unpaired) electrons. The first-order valence-corrected chi connectivity index (χ1v) is 20.8. The summed E-state index contributed by atoms with van der Waals surface area (Å²) >= 11 is 0. The molecule has 0 N–H and O–H groups in total. The van der Waals surface area contributed by atoms with Crippen molar-refractivity contribution in [2.75, 3.05) is 4.90 Å². The van der Waals surface area contributed by atoms with Crippen LogP contribution in [0.1, 0.15) is 17.0 Å². The molecule has 2 aliphatic rings. The Labute approximate surface area is 351 Å². The Morgan fingerprint density at radius 2 is 0.983 bits per heavy atom. The maximum absolute atomic E-state index is 6.71. The maximum atomic E-state index is 6.71. The van der Waals surface area contributed by atoms with Crippen LogP contribution in [0, 0.1) is 5.92 Å². The number of furan rings is 1. The largest absolute Gasteiger partial charge is 0.455 e. The van der Waals surface area contributed by atoms with E-state index in [4.69, 9.17) is 4.42 Å². The van der Waals surface area contributed by atoms with Gasteiger partial charge in [0.25, 0.3) is 0 Å². The lowest BCUT2D eigenvalue weighted by Crippen LogP contribution is -2.22. The molecule has 60 heavy (non-hydrogen) atoms. The Bertz CT molecular complexity index is 3150. The summed E-state index contributed by atoms with van der Waals surface area (Å²) in [4.78, 5) is 2.50. The molecule has 2 unspecified atom stereocenters. The van der Waals surface area contributed by atoms with Crippen molar-refractivity contribution in [3.05, 3.63) is 253 Å². The highest BCUT2D eigenvalue weighted by atomic mass is 16.3. The van der Waals surface area contributed by atoms with E-state index in [1.165, 1.54) is 33.4 Å². The van der Waals surface area contributed by atoms with Crippen LogP contribution in [-0.2, 0) is 0 Å². The molecule has 11 rings (SSSR count). The van der Waals surface area contributed by atoms with E-state index in [-0.39, 0.29) is 11.8 Å². The minimum atomic E-state index is 0.0726. The van der Waals surface area contributed by atoms with Gasteiger partial charge < -0.3 is 9.32 Å². The molecule has 284 valence electrons. The molecule has 1 aromatic heterocycles. The number of fused-ring (bicyclic) bond motifs is 4. The molecular formula is C58H41NO. The SMILES string of the molecule is C1=CC2=CC=CC(c3ccccc3N(c3ccccc3-c3ccc(-c4ccccc4)cc3)c3ccccc3-c3cccc4c3oc3ccccc34)C2C(c2ccccc2)=C1. The van der Waals surface area contributed by atoms with E-state index >= 15 is 0 Å². The van der Waals surface area contributed by atoms with Crippen molar-refractivity contribution >= 4 is 44.6 Å². The zero-order valence-corrected chi connectivity index (χ0v) is 33.0. The van der Waals surface area contributed by atoms with E-state index in [9.17, 15) is 0 Å². The minimum absolute atomic E-state index is 0.0726. The Kier molecular flexibility index (Phi) is 9.02. The molecule has 1 heterocycles. The number of benzene rings is 8. The number of nitrogens with zero attached hydrogens (tertiary/aromatic N) is 1. The minimum Gasteiger partial charge on any atom is -0.455 e. The van der Waals surface area contributed by atoms with Crippen LogP contribution in [0.15, 0.2) is 247 Å². The number of para-hydroxylation sites is 5. The third-order valence-corrected chi connectivity index (χ3v) is 12.2. The highest BCUT2D eigenvalue weighted by Crippen LogP contribution is 2.52. The molecule has 0 saturated heterocycles. The Morgan fingerprint density at radius 3 is 1.78 bits per heavy atom. The fourth-order valence-electron chi connectivity index (χ4n) is 9.40. The smallest absolute Gasteiger partial charge is 0.143 e. The van der Waals surface area contributed by atoms with Gasteiger partial charge in [-0.25, -0.2) is 0 Å². The molecule has 2 nitrogen and oxygen atoms in total. The van der Waals surface area contributed by atoms with E-state index < -0.39 is 0 Å². The summed E-state index contributed by atoms with van der Waals surface area (Å²) in [6.07, 6.45) is 13.7. The van der Waals surface area contributed by atoms with E-state index in [1.807, 2.05) is 6.07 Å². The monoisotopic (exact) mass is 767 g/mol. The normalized spacial score (nSPS) is 15.7. The number of allylic oxidation sites excluding steroid dienone is 8. The summed E-state index contributed by atoms with van der Waals surface area (Å²) in [6.45, 7) is 0. The molecule has 0 bridgehead atoms. The zero-order valence-electron chi connectivity index (χ0n) is 33.0. The van der Waals surface area contributed by atoms with Crippen molar-refractivity contribution in [1.82, 2.24) is 0 Å². The second kappa shape index (κ2) is 15.2. The number of rotatable bonds is 8. The first kappa shape index (κ1) is 35.5. The first-order valence-electron chi connectivity index (χ1n) is 20.8. The predicted octanol–water partition coefficient (Wildman–Crippen LogP) is 15.9. The third kappa shape index (κ3) is 6.22. The van der Waals surface area contributed by atoms with Crippen LogP contribution in [-0.4, -0.2) is 0 Å². The average Bonchev–Trinajstić information content (AvgIpc) is 3.72. The molecule has 0 fully saturated rings. The molecule has 9 aromatic rings. The van der Waals surface area contributed by atoms with Gasteiger partial charge in [-0.05, 0) is 63.2 Å². The highest BCUT2D eigenvalue weighted by molar-refractivity contribution is 6.11. The quantitative estimate of drug-likeness (QED) is 0.153. The molecule has 2 aliphatic carbocycles. The van der Waals surface area contributed by atoms with Crippen LogP contribution < -0.4 is 4.90 Å². The van der Waals surface area contributed by atoms with Gasteiger partial charge >= 0.3 is 0 Å². The van der Waals surface area contributed by atoms with E-state index in [1.54, 1.807) is 0 Å². The molecular weight excluding hydrogens is 727 g/mol. The van der Waals surface area contributed by atoms with Gasteiger partial charge in [0, 0.05) is 45.0 Å². The van der Waals surface area contributed by atoms with Crippen LogP contribution in [0.4, 0.5) is 17.1 Å². The van der Waals surface area contributed by atoms with Gasteiger partial charge in [-0.2, -0.15) is 0 Å². The fourth-order valence-corrected chi connectivity index (χ4v) is 9.40. The van der Waals surface area contributed by atoms with Gasteiger partial charge in [0.1, 0.15) is 11.2 Å². The lowest BCUT2D eigenvalue weighted by molar-refractivity contribution is 0.670. The summed E-state index contributed by atoms with van der Waals surface area (Å²) in [6, 6.07) is 72.0. The first-order chi connectivity index (χ1) is 29.8. The van der Waals surface area contributed by atoms with Gasteiger partial charge in [0.15, 0.2) is 0 Å². The zero-order chi connectivity index (χ0) is 39.8. The average molecular weight is 768 g/mol. The second-order valence-electron chi connectivity index (χ2n) is 15.6. The predicted molar refractivity (Wildman–Crippen MR) is 252 cm³/mol. The Morgan fingerprint density at radius 1 is 0.400 bits per heavy atom. The standard InChI is InChI=1S/C58H41NO/c1-3-18-40(19-4-1)41-36-38-43(39-37-41)45-24-7-11-32-53(45)59(55-34-13-9-26-48(55)51-30-17-31-52-49-27-10-14-35-56(49)60-58(51)52)54-33-12-8-25-47(54)50-29-16-23-44-22-15-28-46(57(44)50)42-20-5-2-6-21-42/h1-39,50,57H. The Balaban J connectivity index is 1.14. The number of anilines is 3. The van der Waals surface area contributed by atoms with Gasteiger partial charge in [0.05, 0.1) is 11.4 Å². The van der Waals surface area contributed by atoms with Crippen molar-refractivity contribution in [3.8, 4) is 33.4 Å². The second-order valence-corrected chi connectivity index (χ2v) is 15.6. The molecule has 2 atom stereocenters. The van der Waals surface area contributed by atoms with Gasteiger partial charge in [-0.3, -0.25) is 0 Å². The van der Waals surface area contributed by atoms with E-state index in [0.717, 1.165) is 61.3 Å². The summed E-state index contributed by atoms with van der Waals surface area (Å²) in [5.41, 5.74) is 17.1. The topological polar surface area (TPSA) is 16.4 Å². The van der Waals surface area contributed by atoms with Gasteiger partial charge in [-0.15, -0.1) is 0 Å². The summed E-state index contributed by atoms with van der Waals surface area (Å²) in [7, 11) is 0. The molecule has 8 aromatic carbocycles. The number of hydrogen-bond acceptors (Lipinski definition) is 2. The van der Waals surface area contributed by atoms with Crippen LogP contribution in [0.25, 0.3) is 60.9 Å². The van der Waals surface area contributed by atoms with Crippen LogP contribution in [0.3, 0.4) is 0 Å². The van der Waals surface area contributed by atoms with Crippen molar-refractivity contribution < 1.29 is 4.42 Å². The summed E-state index contributed by atoms with van der Waals surface area (Å²) in [5.74, 6) is 0.217. The molecule has 2 heteroatoms. The fraction of sp³-hybridized carbons (Fsp3) is 0.0345. The molecule has 0 saturated carbocycles. The number of hydrogen-bond donors (Lipinski definition) is 0. The summed E-state index contributed by atoms with van der Waals surface area (Å²) in [5, 5.41) is 2.23. The molecule has 0 spiro atoms. The van der Waals surface area contributed by atoms with Crippen molar-refractivity contribution in [2.45, 2.75) is 5.92 Å². The Hall–Kier alpha value is -7.68. The third-order valence-electron chi connectivity index (χ3n) is 12.2. The van der Waals surface area contributed by atoms with Gasteiger partial charge in [0.2, 0.25) is 0 Å². The van der Waals surface area contributed by atoms with Crippen LogP contribution in [0.2, 0.25) is 0 Å². The summed E-state index contributed by atoms with van der Waals surface area (Å²) < 4.78 is 6.71. The van der Waals surface area contributed by atoms with Crippen LogP contribution in [0.5, 0.6) is 0 Å². The van der Waals surface area contributed by atoms with Crippen LogP contribution >= 0.6 is 0 Å². The highest BCUT2D eigenvalue weighted by Gasteiger charge is 2.34. The van der Waals surface area contributed by atoms with Crippen molar-refractivity contribution in [2.24, 2.45) is 5.92 Å². The van der Waals surface area contributed by atoms with E-state index in [0.29, 0.717) is 0 Å².